The molecule has 0 radical (unpaired) electrons. The summed E-state index contributed by atoms with van der Waals surface area (Å²) in [6, 6.07) is 6.73. The summed E-state index contributed by atoms with van der Waals surface area (Å²) < 4.78 is 24.6. The van der Waals surface area contributed by atoms with E-state index in [0.29, 0.717) is 61.3 Å². The van der Waals surface area contributed by atoms with Gasteiger partial charge in [0.1, 0.15) is 48.3 Å². The smallest absolute Gasteiger partial charge is 0.275 e. The Hall–Kier alpha value is -14.0. The van der Waals surface area contributed by atoms with Crippen LogP contribution in [0.15, 0.2) is 129 Å². The van der Waals surface area contributed by atoms with Crippen LogP contribution in [0, 0.1) is 13.8 Å². The van der Waals surface area contributed by atoms with Crippen LogP contribution in [-0.2, 0) is 160 Å². The number of nitrogens with two attached hydrogens (primary N) is 3. The van der Waals surface area contributed by atoms with E-state index in [1.54, 1.807) is 108 Å². The van der Waals surface area contributed by atoms with Crippen LogP contribution < -0.4 is 52.9 Å². The Morgan fingerprint density at radius 2 is 0.934 bits per heavy atom. The van der Waals surface area contributed by atoms with Crippen LogP contribution in [0.5, 0.6) is 0 Å². The number of carbonyl (C=O) groups excluding carboxylic acids is 2. The van der Waals surface area contributed by atoms with Crippen molar-refractivity contribution in [3.8, 4) is 22.5 Å². The number of aromatic nitrogens is 38. The maximum atomic E-state index is 11.8. The quantitative estimate of drug-likeness (QED) is 0.00997. The van der Waals surface area contributed by atoms with E-state index in [2.05, 4.69) is 198 Å². The Labute approximate surface area is 802 Å². The van der Waals surface area contributed by atoms with Gasteiger partial charge in [-0.25, -0.2) is 9.13 Å². The van der Waals surface area contributed by atoms with E-state index in [9.17, 15) is 9.59 Å². The van der Waals surface area contributed by atoms with Crippen LogP contribution in [0.25, 0.3) is 22.5 Å². The molecule has 16 heterocycles. The lowest BCUT2D eigenvalue weighted by molar-refractivity contribution is -0.862. The van der Waals surface area contributed by atoms with E-state index in [4.69, 9.17) is 22.3 Å². The Bertz CT molecular complexity index is 5440. The van der Waals surface area contributed by atoms with Crippen molar-refractivity contribution < 1.29 is 28.3 Å². The van der Waals surface area contributed by atoms with Gasteiger partial charge >= 0.3 is 0 Å². The fraction of sp³-hybridized carbons (Fsp3) is 0.560. The summed E-state index contributed by atoms with van der Waals surface area (Å²) in [4.78, 5) is 31.6. The molecule has 2 aliphatic heterocycles. The SMILES string of the molecule is C.C.CC(N)=NCc1cn(C)nn1.CCc1cn(C)nn1.CN1CCN(CC(=O)NCc2cn(C)nn2)CC1.Cc1c[n+](C)ccc1-c1cn(C)nn1.Cc1cn(C)nn1.Cn1cc(-c2cc[n+](C)cc2)nn1.Cn1cc(CCN)nn1.Cn1cc(CNC(=O)C[N+](C)(C)C)nn1.Cn1cc(CNC2CCNCC2)nn1.Cn1cc(CNCCCN)nn1.Cn1cc(CO)nn1.Cn1ccnn1. The normalized spacial score (nSPS) is 12.1. The highest BCUT2D eigenvalue weighted by Crippen LogP contribution is 2.18. The van der Waals surface area contributed by atoms with Gasteiger partial charge in [-0.05, 0) is 86.2 Å². The number of amides is 2. The van der Waals surface area contributed by atoms with Gasteiger partial charge in [-0.2, -0.15) is 0 Å². The monoisotopic (exact) mass is 1910 g/mol. The maximum absolute atomic E-state index is 11.8. The number of pyridine rings is 2. The summed E-state index contributed by atoms with van der Waals surface area (Å²) in [7, 11) is 34.1. The predicted octanol–water partition coefficient (Wildman–Crippen LogP) is -2.45. The number of rotatable bonds is 24. The van der Waals surface area contributed by atoms with Crippen molar-refractivity contribution in [2.75, 3.05) is 100 Å². The summed E-state index contributed by atoms with van der Waals surface area (Å²) in [5, 5.41) is 116. The van der Waals surface area contributed by atoms with Crippen LogP contribution >= 0.6 is 0 Å². The summed E-state index contributed by atoms with van der Waals surface area (Å²) in [5.74, 6) is 0.633. The fourth-order valence-corrected chi connectivity index (χ4v) is 11.5. The molecule has 14 aromatic rings. The third-order valence-corrected chi connectivity index (χ3v) is 18.2. The molecule has 2 amide bonds. The number of aliphatic hydroxyl groups excluding tert-OH is 1. The standard InChI is InChI=1S/C11H20N6O.C10H13N4.C9H17N5O.C9H17N5.C9H11N4.C7H15N5.C6H11N5.C5H10N4.C5H9N3.C4H7N3O.C4H7N3.C3H5N3.2CH4/c1-15-3-5-17(6-4-15)9-11(18)12-7-10-8-16(2)14-13-10;1-8-6-13(2)5-4-9(8)10-7-14(3)12-11-10;1-13-6-8(11-12-13)5-10-9(15)7-14(2,3)4;1-14-7-9(12-13-14)6-11-8-2-4-10-5-3-8;1-12-5-3-8(4-6-12)9-7-13(2)11-10-9;1-12-6-7(10-11-12)5-9-4-2-3-8;1-5(7)8-3-6-4-11(2)10-9-6;1-9-4-5(2-3-6)7-8-9;1-3-5-4-8(2)7-6-5;1-7-2-4(3-8)5-6-7;1-4-3-7(2)6-5-4;1-6-3-2-4-5-6;;/h8H,3-7,9H2,1-2H3,(H,12,18);4-7H,1-3H3;6H,5,7H2,1-4H3;7-8,10-11H,2-6H2,1H3;3-7H,1-2H3;6,9H,2-5,8H2,1H3;4H,3H2,1-2H3,(H2,7,8);4H,2-3,6H2,1H3;4H,3H2,1-2H3;2,8H,3H2,1H3;3H,1-2H3;2-3H,1H3;2*1H4/q;+1;;;+1;;;;;;;;;/p+1. The molecule has 0 aromatic carbocycles. The summed E-state index contributed by atoms with van der Waals surface area (Å²) in [5.41, 5.74) is 29.2. The molecule has 2 saturated heterocycles. The lowest BCUT2D eigenvalue weighted by Gasteiger charge is -2.31. The van der Waals surface area contributed by atoms with Gasteiger partial charge in [0, 0.05) is 227 Å². The number of nitrogens with zero attached hydrogens (tertiary/aromatic N) is 42. The number of carbonyl (C=O) groups is 2. The van der Waals surface area contributed by atoms with E-state index in [1.807, 2.05) is 202 Å². The highest BCUT2D eigenvalue weighted by atomic mass is 16.3. The first kappa shape index (κ1) is 117. The van der Waals surface area contributed by atoms with Crippen molar-refractivity contribution in [3.05, 3.63) is 180 Å². The van der Waals surface area contributed by atoms with Gasteiger partial charge in [0.05, 0.1) is 113 Å². The second-order valence-electron chi connectivity index (χ2n) is 32.5. The molecular weight excluding hydrogens is 1760 g/mol. The van der Waals surface area contributed by atoms with E-state index in [1.165, 1.54) is 18.4 Å². The molecule has 752 valence electrons. The Kier molecular flexibility index (Phi) is 55.5. The zero-order valence-electron chi connectivity index (χ0n) is 82.5. The minimum absolute atomic E-state index is 0. The second-order valence-corrected chi connectivity index (χ2v) is 32.5. The van der Waals surface area contributed by atoms with Crippen molar-refractivity contribution >= 4 is 17.6 Å². The van der Waals surface area contributed by atoms with E-state index >= 15 is 0 Å². The number of amidine groups is 1. The number of aryl methyl sites for hydroxylation is 17. The molecule has 0 atom stereocenters. The Morgan fingerprint density at radius 1 is 0.504 bits per heavy atom. The molecule has 0 bridgehead atoms. The third-order valence-electron chi connectivity index (χ3n) is 18.2. The molecule has 14 aromatic heterocycles. The Morgan fingerprint density at radius 3 is 1.31 bits per heavy atom. The third kappa shape index (κ3) is 52.5. The van der Waals surface area contributed by atoms with Crippen molar-refractivity contribution in [2.24, 2.45) is 121 Å². The van der Waals surface area contributed by atoms with Crippen LogP contribution in [-0.4, -0.2) is 323 Å². The van der Waals surface area contributed by atoms with Gasteiger partial charge < -0.3 is 58.3 Å². The molecule has 2 aliphatic rings. The van der Waals surface area contributed by atoms with Crippen LogP contribution in [0.2, 0.25) is 0 Å². The molecule has 0 aliphatic carbocycles. The van der Waals surface area contributed by atoms with Gasteiger partial charge in [-0.15, -0.1) is 61.2 Å². The zero-order chi connectivity index (χ0) is 99.0. The number of quaternary nitrogens is 1. The fourth-order valence-electron chi connectivity index (χ4n) is 11.5. The molecule has 137 heavy (non-hydrogen) atoms. The van der Waals surface area contributed by atoms with Gasteiger partial charge in [0.15, 0.2) is 31.3 Å². The summed E-state index contributed by atoms with van der Waals surface area (Å²) in [6.45, 7) is 20.2. The average Bonchev–Trinajstić information content (AvgIpc) is 1.74. The molecule has 0 unspecified atom stereocenters. The van der Waals surface area contributed by atoms with Gasteiger partial charge in [0.25, 0.3) is 5.91 Å². The molecule has 12 N–H and O–H groups in total. The highest BCUT2D eigenvalue weighted by molar-refractivity contribution is 5.78. The first-order valence-corrected chi connectivity index (χ1v) is 43.7. The number of piperidine rings is 1. The Balaban J connectivity index is 0.000000388. The van der Waals surface area contributed by atoms with Crippen molar-refractivity contribution in [1.82, 2.24) is 216 Å². The molecule has 0 spiro atoms. The molecule has 53 heteroatoms. The molecule has 2 fully saturated rings. The van der Waals surface area contributed by atoms with Gasteiger partial charge in [0.2, 0.25) is 5.91 Å². The van der Waals surface area contributed by atoms with E-state index in [0.717, 1.165) is 153 Å². The minimum Gasteiger partial charge on any atom is -0.390 e. The molecule has 0 saturated carbocycles. The van der Waals surface area contributed by atoms with Gasteiger partial charge in [-0.3, -0.25) is 75.7 Å². The number of hydrogen-bond acceptors (Lipinski definition) is 35. The number of aliphatic hydroxyl groups is 1. The zero-order valence-corrected chi connectivity index (χ0v) is 82.5. The van der Waals surface area contributed by atoms with Crippen molar-refractivity contribution in [2.45, 2.75) is 120 Å². The first-order chi connectivity index (χ1) is 64.4. The topological polar surface area (TPSA) is 588 Å². The molecular formula is C84H151N50O3+3. The van der Waals surface area contributed by atoms with E-state index in [-0.39, 0.29) is 33.3 Å². The predicted molar refractivity (Wildman–Crippen MR) is 516 cm³/mol. The summed E-state index contributed by atoms with van der Waals surface area (Å²) in [6.07, 6.45) is 37.1. The summed E-state index contributed by atoms with van der Waals surface area (Å²) >= 11 is 0. The highest BCUT2D eigenvalue weighted by Gasteiger charge is 2.19. The van der Waals surface area contributed by atoms with Crippen LogP contribution in [0.1, 0.15) is 105 Å². The molecule has 53 nitrogen and oxygen atoms in total. The lowest BCUT2D eigenvalue weighted by Crippen LogP contribution is -2.48. The average molecular weight is 1910 g/mol. The number of aliphatic imine (C=N–C) groups is 1. The minimum atomic E-state index is -0.0339. The number of nitrogens with one attached hydrogen (secondary N) is 5. The van der Waals surface area contributed by atoms with Crippen LogP contribution in [0.4, 0.5) is 0 Å². The van der Waals surface area contributed by atoms with E-state index < -0.39 is 0 Å². The number of likely N-dealkylation sites (N-methyl/N-ethyl adjacent to an activating group) is 2. The number of piperazine rings is 1. The largest absolute Gasteiger partial charge is 0.390 e. The first-order valence-electron chi connectivity index (χ1n) is 43.7. The van der Waals surface area contributed by atoms with Crippen molar-refractivity contribution in [3.63, 3.8) is 0 Å². The molecule has 16 rings (SSSR count). The van der Waals surface area contributed by atoms with Gasteiger partial charge in [-0.1, -0.05) is 84.3 Å². The lowest BCUT2D eigenvalue weighted by atomic mass is 10.1. The van der Waals surface area contributed by atoms with Crippen molar-refractivity contribution in [1.29, 1.82) is 0 Å². The van der Waals surface area contributed by atoms with Crippen LogP contribution in [0.3, 0.4) is 0 Å². The number of hydrogen-bond donors (Lipinski definition) is 9. The second kappa shape index (κ2) is 64.8. The maximum Gasteiger partial charge on any atom is 0.275 e.